The number of benzene rings is 1. The molecule has 2 aliphatic heterocycles. The number of nitrogens with zero attached hydrogens (tertiary/aromatic N) is 4. The van der Waals surface area contributed by atoms with Gasteiger partial charge in [0.2, 0.25) is 0 Å². The SMILES string of the molecule is CCN(CC)c1ccc(CNC(=NC)N2CCC(CN3CCCC3)C2)cc1F.I. The van der Waals surface area contributed by atoms with E-state index in [0.717, 1.165) is 43.6 Å². The first-order chi connectivity index (χ1) is 13.6. The molecule has 0 saturated carbocycles. The summed E-state index contributed by atoms with van der Waals surface area (Å²) in [5, 5.41) is 3.43. The molecule has 1 atom stereocenters. The van der Waals surface area contributed by atoms with Crippen molar-refractivity contribution in [2.75, 3.05) is 57.8 Å². The maximum absolute atomic E-state index is 14.5. The number of hydrogen-bond donors (Lipinski definition) is 1. The maximum atomic E-state index is 14.5. The molecule has 2 saturated heterocycles. The summed E-state index contributed by atoms with van der Waals surface area (Å²) in [6, 6.07) is 5.55. The second-order valence-electron chi connectivity index (χ2n) is 7.97. The second-order valence-corrected chi connectivity index (χ2v) is 7.97. The summed E-state index contributed by atoms with van der Waals surface area (Å²) in [5.41, 5.74) is 1.63. The van der Waals surface area contributed by atoms with E-state index in [4.69, 9.17) is 0 Å². The van der Waals surface area contributed by atoms with Gasteiger partial charge in [-0.25, -0.2) is 4.39 Å². The van der Waals surface area contributed by atoms with E-state index in [1.165, 1.54) is 38.9 Å². The summed E-state index contributed by atoms with van der Waals surface area (Å²) in [6.07, 6.45) is 3.93. The van der Waals surface area contributed by atoms with Crippen molar-refractivity contribution in [2.24, 2.45) is 10.9 Å². The highest BCUT2D eigenvalue weighted by Crippen LogP contribution is 2.22. The van der Waals surface area contributed by atoms with Crippen molar-refractivity contribution >= 4 is 35.6 Å². The van der Waals surface area contributed by atoms with E-state index < -0.39 is 0 Å². The fourth-order valence-electron chi connectivity index (χ4n) is 4.50. The Balaban J connectivity index is 0.00000300. The molecule has 3 rings (SSSR count). The smallest absolute Gasteiger partial charge is 0.193 e. The Bertz CT molecular complexity index is 659. The first kappa shape index (κ1) is 24.2. The Morgan fingerprint density at radius 2 is 1.93 bits per heavy atom. The van der Waals surface area contributed by atoms with Crippen LogP contribution in [0, 0.1) is 11.7 Å². The topological polar surface area (TPSA) is 34.1 Å². The van der Waals surface area contributed by atoms with Gasteiger partial charge in [-0.2, -0.15) is 0 Å². The zero-order chi connectivity index (χ0) is 19.9. The van der Waals surface area contributed by atoms with Crippen molar-refractivity contribution in [2.45, 2.75) is 39.7 Å². The lowest BCUT2D eigenvalue weighted by atomic mass is 10.1. The van der Waals surface area contributed by atoms with Gasteiger partial charge in [-0.1, -0.05) is 6.07 Å². The minimum atomic E-state index is -0.148. The molecule has 7 heteroatoms. The van der Waals surface area contributed by atoms with Crippen molar-refractivity contribution in [1.29, 1.82) is 0 Å². The van der Waals surface area contributed by atoms with Crippen LogP contribution < -0.4 is 10.2 Å². The lowest BCUT2D eigenvalue weighted by Gasteiger charge is -2.24. The molecule has 2 fully saturated rings. The summed E-state index contributed by atoms with van der Waals surface area (Å²) in [4.78, 5) is 11.5. The molecule has 2 aliphatic rings. The van der Waals surface area contributed by atoms with Gasteiger partial charge in [0.25, 0.3) is 0 Å². The molecule has 1 N–H and O–H groups in total. The lowest BCUT2D eigenvalue weighted by Crippen LogP contribution is -2.40. The molecule has 2 heterocycles. The van der Waals surface area contributed by atoms with Crippen LogP contribution in [0.25, 0.3) is 0 Å². The zero-order valence-corrected chi connectivity index (χ0v) is 20.5. The highest BCUT2D eigenvalue weighted by molar-refractivity contribution is 14.0. The molecule has 29 heavy (non-hydrogen) atoms. The van der Waals surface area contributed by atoms with Gasteiger partial charge in [-0.05, 0) is 69.8 Å². The first-order valence-corrected chi connectivity index (χ1v) is 10.9. The molecular weight excluding hydrogens is 480 g/mol. The largest absolute Gasteiger partial charge is 0.370 e. The third-order valence-corrected chi connectivity index (χ3v) is 6.08. The molecule has 164 valence electrons. The standard InChI is InChI=1S/C22H36FN5.HI/c1-4-27(5-2)21-9-8-18(14-20(21)23)15-25-22(24-3)28-13-10-19(17-28)16-26-11-6-7-12-26;/h8-9,14,19H,4-7,10-13,15-17H2,1-3H3,(H,24,25);1H. The monoisotopic (exact) mass is 517 g/mol. The molecule has 1 aromatic carbocycles. The van der Waals surface area contributed by atoms with Gasteiger partial charge in [-0.15, -0.1) is 24.0 Å². The predicted molar refractivity (Wildman–Crippen MR) is 131 cm³/mol. The quantitative estimate of drug-likeness (QED) is 0.339. The average molecular weight is 517 g/mol. The molecule has 0 spiro atoms. The summed E-state index contributed by atoms with van der Waals surface area (Å²) < 4.78 is 14.5. The predicted octanol–water partition coefficient (Wildman–Crippen LogP) is 3.78. The van der Waals surface area contributed by atoms with Crippen LogP contribution >= 0.6 is 24.0 Å². The molecule has 1 unspecified atom stereocenters. The second kappa shape index (κ2) is 11.9. The Hall–Kier alpha value is -1.09. The van der Waals surface area contributed by atoms with Crippen LogP contribution in [0.4, 0.5) is 10.1 Å². The third-order valence-electron chi connectivity index (χ3n) is 6.08. The normalized spacial score (nSPS) is 20.1. The highest BCUT2D eigenvalue weighted by atomic mass is 127. The lowest BCUT2D eigenvalue weighted by molar-refractivity contribution is 0.281. The first-order valence-electron chi connectivity index (χ1n) is 10.9. The molecule has 5 nitrogen and oxygen atoms in total. The summed E-state index contributed by atoms with van der Waals surface area (Å²) in [6.45, 7) is 12.2. The van der Waals surface area contributed by atoms with Crippen molar-refractivity contribution in [3.05, 3.63) is 29.6 Å². The van der Waals surface area contributed by atoms with Crippen LogP contribution in [0.2, 0.25) is 0 Å². The molecule has 0 radical (unpaired) electrons. The van der Waals surface area contributed by atoms with Gasteiger partial charge in [0, 0.05) is 46.3 Å². The van der Waals surface area contributed by atoms with Crippen LogP contribution in [0.1, 0.15) is 38.7 Å². The van der Waals surface area contributed by atoms with Crippen LogP contribution in [-0.2, 0) is 6.54 Å². The van der Waals surface area contributed by atoms with Crippen LogP contribution in [0.3, 0.4) is 0 Å². The Morgan fingerprint density at radius 3 is 2.55 bits per heavy atom. The van der Waals surface area contributed by atoms with Gasteiger partial charge in [-0.3, -0.25) is 4.99 Å². The van der Waals surface area contributed by atoms with Gasteiger partial charge in [0.05, 0.1) is 5.69 Å². The number of likely N-dealkylation sites (tertiary alicyclic amines) is 2. The molecule has 0 bridgehead atoms. The molecule has 1 aromatic rings. The van der Waals surface area contributed by atoms with Gasteiger partial charge in [0.1, 0.15) is 5.82 Å². The molecule has 0 aromatic heterocycles. The molecule has 0 amide bonds. The molecular formula is C22H37FIN5. The average Bonchev–Trinajstić information content (AvgIpc) is 3.37. The minimum Gasteiger partial charge on any atom is -0.370 e. The van der Waals surface area contributed by atoms with E-state index in [0.29, 0.717) is 12.2 Å². The van der Waals surface area contributed by atoms with Crippen molar-refractivity contribution < 1.29 is 4.39 Å². The zero-order valence-electron chi connectivity index (χ0n) is 18.2. The van der Waals surface area contributed by atoms with Gasteiger partial charge in [0.15, 0.2) is 5.96 Å². The van der Waals surface area contributed by atoms with Gasteiger partial charge < -0.3 is 20.0 Å². The number of anilines is 1. The van der Waals surface area contributed by atoms with Crippen molar-refractivity contribution in [1.82, 2.24) is 15.1 Å². The Morgan fingerprint density at radius 1 is 1.21 bits per heavy atom. The number of guanidine groups is 1. The number of hydrogen-bond acceptors (Lipinski definition) is 3. The highest BCUT2D eigenvalue weighted by Gasteiger charge is 2.27. The number of aliphatic imine (C=N–C) groups is 1. The number of rotatable bonds is 7. The van der Waals surface area contributed by atoms with E-state index in [9.17, 15) is 4.39 Å². The summed E-state index contributed by atoms with van der Waals surface area (Å²) in [5.74, 6) is 1.50. The van der Waals surface area contributed by atoms with E-state index in [-0.39, 0.29) is 29.8 Å². The fraction of sp³-hybridized carbons (Fsp3) is 0.682. The summed E-state index contributed by atoms with van der Waals surface area (Å²) in [7, 11) is 1.83. The van der Waals surface area contributed by atoms with E-state index in [1.807, 2.05) is 24.1 Å². The Labute approximate surface area is 192 Å². The van der Waals surface area contributed by atoms with Crippen molar-refractivity contribution in [3.63, 3.8) is 0 Å². The minimum absolute atomic E-state index is 0. The number of halogens is 2. The Kier molecular flexibility index (Phi) is 9.95. The van der Waals surface area contributed by atoms with Crippen LogP contribution in [0.15, 0.2) is 23.2 Å². The third kappa shape index (κ3) is 6.44. The fourth-order valence-corrected chi connectivity index (χ4v) is 4.50. The van der Waals surface area contributed by atoms with Crippen LogP contribution in [-0.4, -0.2) is 68.6 Å². The number of nitrogens with one attached hydrogen (secondary N) is 1. The van der Waals surface area contributed by atoms with E-state index in [1.54, 1.807) is 6.07 Å². The summed E-state index contributed by atoms with van der Waals surface area (Å²) >= 11 is 0. The molecule has 0 aliphatic carbocycles. The van der Waals surface area contributed by atoms with Crippen LogP contribution in [0.5, 0.6) is 0 Å². The van der Waals surface area contributed by atoms with E-state index in [2.05, 4.69) is 34.0 Å². The van der Waals surface area contributed by atoms with E-state index >= 15 is 0 Å². The van der Waals surface area contributed by atoms with Gasteiger partial charge >= 0.3 is 0 Å². The van der Waals surface area contributed by atoms with Crippen molar-refractivity contribution in [3.8, 4) is 0 Å². The maximum Gasteiger partial charge on any atom is 0.193 e.